The van der Waals surface area contributed by atoms with Gasteiger partial charge in [-0.25, -0.2) is 0 Å². The maximum absolute atomic E-state index is 4.40. The Balaban J connectivity index is 2.41. The summed E-state index contributed by atoms with van der Waals surface area (Å²) in [7, 11) is 0. The van der Waals surface area contributed by atoms with E-state index >= 15 is 0 Å². The van der Waals surface area contributed by atoms with Crippen molar-refractivity contribution in [2.45, 2.75) is 19.3 Å². The van der Waals surface area contributed by atoms with Crippen LogP contribution in [0, 0.1) is 17.8 Å². The van der Waals surface area contributed by atoms with Gasteiger partial charge in [0.05, 0.1) is 0 Å². The van der Waals surface area contributed by atoms with Gasteiger partial charge in [-0.1, -0.05) is 0 Å². The van der Waals surface area contributed by atoms with Gasteiger partial charge < -0.3 is 0 Å². The third kappa shape index (κ3) is 2.78. The number of rotatable bonds is 3. The molecule has 1 saturated carbocycles. The lowest BCUT2D eigenvalue weighted by molar-refractivity contribution is 0.232. The molecule has 1 fully saturated rings. The van der Waals surface area contributed by atoms with Crippen LogP contribution < -0.4 is 0 Å². The summed E-state index contributed by atoms with van der Waals surface area (Å²) in [4.78, 5) is 0. The van der Waals surface area contributed by atoms with Gasteiger partial charge in [-0.3, -0.25) is 0 Å². The molecule has 0 aromatic carbocycles. The van der Waals surface area contributed by atoms with Gasteiger partial charge in [0.25, 0.3) is 0 Å². The maximum atomic E-state index is 4.40. The third-order valence-corrected chi connectivity index (χ3v) is 4.43. The summed E-state index contributed by atoms with van der Waals surface area (Å²) in [6, 6.07) is 0. The molecule has 3 heteroatoms. The van der Waals surface area contributed by atoms with Gasteiger partial charge in [0.2, 0.25) is 0 Å². The van der Waals surface area contributed by atoms with Crippen LogP contribution in [0.5, 0.6) is 0 Å². The van der Waals surface area contributed by atoms with Crippen molar-refractivity contribution >= 4 is 37.9 Å². The second-order valence-corrected chi connectivity index (χ2v) is 4.84. The Bertz CT molecular complexity index is 127. The molecule has 1 rings (SSSR count). The van der Waals surface area contributed by atoms with E-state index in [1.807, 2.05) is 0 Å². The van der Waals surface area contributed by atoms with Crippen LogP contribution in [0.4, 0.5) is 0 Å². The largest absolute Gasteiger partial charge is 0.179 e. The van der Waals surface area contributed by atoms with Gasteiger partial charge in [-0.2, -0.15) is 37.9 Å². The molecule has 3 unspecified atom stereocenters. The van der Waals surface area contributed by atoms with Crippen LogP contribution in [0.15, 0.2) is 0 Å². The van der Waals surface area contributed by atoms with E-state index in [0.717, 1.165) is 35.0 Å². The van der Waals surface area contributed by atoms with Crippen molar-refractivity contribution in [2.75, 3.05) is 17.3 Å². The lowest BCUT2D eigenvalue weighted by Gasteiger charge is -2.34. The van der Waals surface area contributed by atoms with Crippen LogP contribution in [-0.2, 0) is 0 Å². The zero-order valence-corrected chi connectivity index (χ0v) is 10.00. The Kier molecular flexibility index (Phi) is 5.30. The summed E-state index contributed by atoms with van der Waals surface area (Å²) >= 11 is 13.1. The van der Waals surface area contributed by atoms with Crippen molar-refractivity contribution in [2.24, 2.45) is 17.8 Å². The summed E-state index contributed by atoms with van der Waals surface area (Å²) in [6.45, 7) is 0. The fraction of sp³-hybridized carbons (Fsp3) is 1.00. The maximum Gasteiger partial charge on any atom is -0.00665 e. The van der Waals surface area contributed by atoms with E-state index in [1.165, 1.54) is 19.3 Å². The minimum atomic E-state index is 0.789. The molecule has 1 aliphatic rings. The molecule has 0 heterocycles. The van der Waals surface area contributed by atoms with Crippen LogP contribution in [-0.4, -0.2) is 17.3 Å². The van der Waals surface area contributed by atoms with Crippen LogP contribution in [0.1, 0.15) is 19.3 Å². The van der Waals surface area contributed by atoms with Gasteiger partial charge >= 0.3 is 0 Å². The van der Waals surface area contributed by atoms with Gasteiger partial charge in [0.15, 0.2) is 0 Å². The third-order valence-electron chi connectivity index (χ3n) is 2.98. The SMILES string of the molecule is SCC1CCC(CS)C(CS)C1. The van der Waals surface area contributed by atoms with Crippen molar-refractivity contribution in [3.8, 4) is 0 Å². The average molecular weight is 222 g/mol. The highest BCUT2D eigenvalue weighted by Gasteiger charge is 2.27. The molecule has 12 heavy (non-hydrogen) atoms. The first kappa shape index (κ1) is 11.1. The normalized spacial score (nSPS) is 36.8. The van der Waals surface area contributed by atoms with E-state index in [0.29, 0.717) is 0 Å². The lowest BCUT2D eigenvalue weighted by atomic mass is 9.76. The Hall–Kier alpha value is 1.05. The predicted molar refractivity (Wildman–Crippen MR) is 65.9 cm³/mol. The van der Waals surface area contributed by atoms with E-state index in [4.69, 9.17) is 0 Å². The quantitative estimate of drug-likeness (QED) is 0.601. The van der Waals surface area contributed by atoms with Gasteiger partial charge in [-0.15, -0.1) is 0 Å². The van der Waals surface area contributed by atoms with Crippen molar-refractivity contribution in [3.05, 3.63) is 0 Å². The second-order valence-electron chi connectivity index (χ2n) is 3.75. The topological polar surface area (TPSA) is 0 Å². The van der Waals surface area contributed by atoms with Gasteiger partial charge in [0, 0.05) is 0 Å². The smallest absolute Gasteiger partial charge is 0.00665 e. The minimum absolute atomic E-state index is 0.789. The van der Waals surface area contributed by atoms with Crippen molar-refractivity contribution < 1.29 is 0 Å². The number of thiol groups is 3. The van der Waals surface area contributed by atoms with Gasteiger partial charge in [-0.05, 0) is 54.3 Å². The molecule has 0 saturated heterocycles. The fourth-order valence-electron chi connectivity index (χ4n) is 2.05. The van der Waals surface area contributed by atoms with Crippen LogP contribution in [0.25, 0.3) is 0 Å². The molecule has 72 valence electrons. The first-order chi connectivity index (χ1) is 5.81. The summed E-state index contributed by atoms with van der Waals surface area (Å²) in [5.74, 6) is 5.53. The molecule has 0 aromatic rings. The standard InChI is InChI=1S/C9H18S3/c10-4-7-1-2-8(5-11)9(3-7)6-12/h7-12H,1-6H2. The molecule has 0 spiro atoms. The highest BCUT2D eigenvalue weighted by Crippen LogP contribution is 2.35. The molecule has 0 amide bonds. The Morgan fingerprint density at radius 3 is 2.00 bits per heavy atom. The molecule has 0 radical (unpaired) electrons. The van der Waals surface area contributed by atoms with E-state index in [-0.39, 0.29) is 0 Å². The molecular formula is C9H18S3. The zero-order valence-electron chi connectivity index (χ0n) is 7.32. The van der Waals surface area contributed by atoms with Gasteiger partial charge in [0.1, 0.15) is 0 Å². The first-order valence-electron chi connectivity index (χ1n) is 4.64. The molecule has 0 nitrogen and oxygen atoms in total. The average Bonchev–Trinajstić information content (AvgIpc) is 2.16. The molecule has 0 N–H and O–H groups in total. The molecule has 1 aliphatic carbocycles. The predicted octanol–water partition coefficient (Wildman–Crippen LogP) is 2.81. The zero-order chi connectivity index (χ0) is 8.97. The monoisotopic (exact) mass is 222 g/mol. The van der Waals surface area contributed by atoms with E-state index in [9.17, 15) is 0 Å². The highest BCUT2D eigenvalue weighted by atomic mass is 32.1. The lowest BCUT2D eigenvalue weighted by Crippen LogP contribution is -2.28. The molecule has 3 atom stereocenters. The van der Waals surface area contributed by atoms with Crippen molar-refractivity contribution in [3.63, 3.8) is 0 Å². The summed E-state index contributed by atoms with van der Waals surface area (Å²) in [5, 5.41) is 0. The summed E-state index contributed by atoms with van der Waals surface area (Å²) in [6.07, 6.45) is 4.00. The van der Waals surface area contributed by atoms with Crippen molar-refractivity contribution in [1.29, 1.82) is 0 Å². The van der Waals surface area contributed by atoms with Crippen LogP contribution in [0.3, 0.4) is 0 Å². The highest BCUT2D eigenvalue weighted by molar-refractivity contribution is 7.80. The number of hydrogen-bond donors (Lipinski definition) is 3. The Labute approximate surface area is 92.1 Å². The minimum Gasteiger partial charge on any atom is -0.179 e. The summed E-state index contributed by atoms with van der Waals surface area (Å²) in [5.41, 5.74) is 0. The Morgan fingerprint density at radius 2 is 1.50 bits per heavy atom. The first-order valence-corrected chi connectivity index (χ1v) is 6.54. The summed E-state index contributed by atoms with van der Waals surface area (Å²) < 4.78 is 0. The van der Waals surface area contributed by atoms with E-state index < -0.39 is 0 Å². The Morgan fingerprint density at radius 1 is 0.833 bits per heavy atom. The van der Waals surface area contributed by atoms with Crippen LogP contribution in [0.2, 0.25) is 0 Å². The van der Waals surface area contributed by atoms with E-state index in [2.05, 4.69) is 37.9 Å². The molecule has 0 bridgehead atoms. The molecular weight excluding hydrogens is 204 g/mol. The van der Waals surface area contributed by atoms with Crippen molar-refractivity contribution in [1.82, 2.24) is 0 Å². The van der Waals surface area contributed by atoms with E-state index in [1.54, 1.807) is 0 Å². The second kappa shape index (κ2) is 5.71. The molecule has 0 aromatic heterocycles. The van der Waals surface area contributed by atoms with Crippen LogP contribution >= 0.6 is 37.9 Å². The number of hydrogen-bond acceptors (Lipinski definition) is 3. The molecule has 0 aliphatic heterocycles. The fourth-order valence-corrected chi connectivity index (χ4v) is 3.31.